The lowest BCUT2D eigenvalue weighted by Crippen LogP contribution is -2.37. The number of hydrogen-bond acceptors (Lipinski definition) is 5. The Balaban J connectivity index is 1.58. The number of rotatable bonds is 11. The van der Waals surface area contributed by atoms with Crippen LogP contribution < -0.4 is 5.69 Å². The second-order valence-corrected chi connectivity index (χ2v) is 9.71. The van der Waals surface area contributed by atoms with Crippen molar-refractivity contribution in [3.05, 3.63) is 82.8 Å². The number of imidazole rings is 1. The Labute approximate surface area is 216 Å². The zero-order valence-corrected chi connectivity index (χ0v) is 21.5. The van der Waals surface area contributed by atoms with Crippen molar-refractivity contribution < 1.29 is 0 Å². The van der Waals surface area contributed by atoms with Gasteiger partial charge in [-0.1, -0.05) is 51.0 Å². The van der Waals surface area contributed by atoms with Gasteiger partial charge in [0.15, 0.2) is 5.82 Å². The highest BCUT2D eigenvalue weighted by Gasteiger charge is 2.33. The maximum atomic E-state index is 14.0. The fourth-order valence-electron chi connectivity index (χ4n) is 5.05. The number of benzene rings is 1. The second kappa shape index (κ2) is 10.9. The Kier molecular flexibility index (Phi) is 7.30. The lowest BCUT2D eigenvalue weighted by Gasteiger charge is -2.32. The summed E-state index contributed by atoms with van der Waals surface area (Å²) in [5.41, 5.74) is 2.63. The van der Waals surface area contributed by atoms with E-state index in [1.54, 1.807) is 0 Å². The maximum Gasteiger partial charge on any atom is 0.334 e. The van der Waals surface area contributed by atoms with Crippen LogP contribution in [0.25, 0.3) is 17.2 Å². The number of hydrogen-bond donors (Lipinski definition) is 1. The minimum absolute atomic E-state index is 0.00609. The third-order valence-corrected chi connectivity index (χ3v) is 7.19. The molecule has 0 amide bonds. The molecule has 192 valence electrons. The Bertz CT molecular complexity index is 1440. The van der Waals surface area contributed by atoms with Gasteiger partial charge >= 0.3 is 5.69 Å². The van der Waals surface area contributed by atoms with Gasteiger partial charge in [-0.3, -0.25) is 14.1 Å². The van der Waals surface area contributed by atoms with Gasteiger partial charge in [-0.05, 0) is 59.9 Å². The molecule has 4 heterocycles. The van der Waals surface area contributed by atoms with Crippen LogP contribution in [0.1, 0.15) is 57.2 Å². The topological polar surface area (TPSA) is 98.7 Å². The van der Waals surface area contributed by atoms with Crippen molar-refractivity contribution in [2.24, 2.45) is 4.99 Å². The first-order valence-electron chi connectivity index (χ1n) is 13.2. The molecule has 4 aromatic rings. The lowest BCUT2D eigenvalue weighted by atomic mass is 9.76. The van der Waals surface area contributed by atoms with Crippen LogP contribution in [0, 0.1) is 0 Å². The first kappa shape index (κ1) is 24.7. The molecule has 0 bridgehead atoms. The number of aromatic amines is 1. The zero-order valence-electron chi connectivity index (χ0n) is 21.5. The number of aryl methyl sites for hydroxylation is 2. The SMILES string of the molecule is CCCCc1cn(-c2cccn2CCCC)c(=O)n1CC1(c2cccc(-c3nnn[nH]3)c2)C=CN=CC1. The zero-order chi connectivity index (χ0) is 25.7. The van der Waals surface area contributed by atoms with Gasteiger partial charge < -0.3 is 4.57 Å². The lowest BCUT2D eigenvalue weighted by molar-refractivity contribution is 0.438. The van der Waals surface area contributed by atoms with Gasteiger partial charge in [0.05, 0.1) is 0 Å². The minimum atomic E-state index is -0.424. The molecular formula is C28H34N8O. The standard InChI is InChI=1S/C28H34N8O/c1-3-5-11-24-20-35(25-12-8-18-34(25)17-6-4-2)27(37)36(24)21-28(13-15-29-16-14-28)23-10-7-9-22(19-23)26-30-32-33-31-26/h7-10,12-13,15-16,18-20H,3-6,11,14,17,21H2,1-2H3,(H,30,31,32,33). The molecule has 5 rings (SSSR count). The first-order chi connectivity index (χ1) is 18.1. The Morgan fingerprint density at radius 1 is 1.11 bits per heavy atom. The maximum absolute atomic E-state index is 14.0. The molecule has 1 aromatic carbocycles. The highest BCUT2D eigenvalue weighted by molar-refractivity contribution is 5.65. The fourth-order valence-corrected chi connectivity index (χ4v) is 5.05. The summed E-state index contributed by atoms with van der Waals surface area (Å²) in [5.74, 6) is 1.54. The Morgan fingerprint density at radius 2 is 2.00 bits per heavy atom. The second-order valence-electron chi connectivity index (χ2n) is 9.71. The Morgan fingerprint density at radius 3 is 2.76 bits per heavy atom. The van der Waals surface area contributed by atoms with Gasteiger partial charge in [-0.15, -0.1) is 5.10 Å². The van der Waals surface area contributed by atoms with Crippen molar-refractivity contribution in [3.63, 3.8) is 0 Å². The van der Waals surface area contributed by atoms with Gasteiger partial charge in [0, 0.05) is 54.6 Å². The molecule has 1 unspecified atom stereocenters. The number of nitrogens with zero attached hydrogens (tertiary/aromatic N) is 7. The summed E-state index contributed by atoms with van der Waals surface area (Å²) in [5, 5.41) is 14.4. The van der Waals surface area contributed by atoms with Crippen LogP contribution in [0.5, 0.6) is 0 Å². The number of aliphatic imine (C=N–C) groups is 1. The van der Waals surface area contributed by atoms with E-state index in [9.17, 15) is 4.79 Å². The normalized spacial score (nSPS) is 17.0. The van der Waals surface area contributed by atoms with E-state index in [-0.39, 0.29) is 5.69 Å². The average Bonchev–Trinajstić information content (AvgIpc) is 3.69. The molecule has 1 aliphatic rings. The fraction of sp³-hybridized carbons (Fsp3) is 0.393. The van der Waals surface area contributed by atoms with Crippen LogP contribution in [0.15, 0.2) is 70.9 Å². The molecule has 0 saturated heterocycles. The molecule has 1 N–H and O–H groups in total. The summed E-state index contributed by atoms with van der Waals surface area (Å²) in [6.07, 6.45) is 15.8. The average molecular weight is 499 g/mol. The molecule has 1 atom stereocenters. The van der Waals surface area contributed by atoms with Crippen LogP contribution in [-0.2, 0) is 24.9 Å². The summed E-state index contributed by atoms with van der Waals surface area (Å²) < 4.78 is 5.97. The van der Waals surface area contributed by atoms with E-state index in [0.29, 0.717) is 18.8 Å². The highest BCUT2D eigenvalue weighted by atomic mass is 16.1. The first-order valence-corrected chi connectivity index (χ1v) is 13.2. The summed E-state index contributed by atoms with van der Waals surface area (Å²) >= 11 is 0. The number of H-pyrrole nitrogens is 1. The summed E-state index contributed by atoms with van der Waals surface area (Å²) in [4.78, 5) is 18.4. The smallest absolute Gasteiger partial charge is 0.334 e. The molecule has 0 spiro atoms. The van der Waals surface area contributed by atoms with E-state index in [2.05, 4.69) is 68.4 Å². The monoisotopic (exact) mass is 498 g/mol. The van der Waals surface area contributed by atoms with Gasteiger partial charge in [0.1, 0.15) is 5.82 Å². The molecule has 3 aromatic heterocycles. The summed E-state index contributed by atoms with van der Waals surface area (Å²) in [7, 11) is 0. The minimum Gasteiger partial charge on any atom is -0.334 e. The highest BCUT2D eigenvalue weighted by Crippen LogP contribution is 2.35. The van der Waals surface area contributed by atoms with Crippen molar-refractivity contribution in [2.45, 2.75) is 70.9 Å². The number of aromatic nitrogens is 7. The van der Waals surface area contributed by atoms with E-state index in [1.165, 1.54) is 0 Å². The number of unbranched alkanes of at least 4 members (excludes halogenated alkanes) is 2. The quantitative estimate of drug-likeness (QED) is 0.324. The number of nitrogens with one attached hydrogen (secondary N) is 1. The van der Waals surface area contributed by atoms with Gasteiger partial charge in [0.25, 0.3) is 0 Å². The van der Waals surface area contributed by atoms with Crippen molar-refractivity contribution in [1.82, 2.24) is 34.3 Å². The number of tetrazole rings is 1. The molecule has 9 nitrogen and oxygen atoms in total. The largest absolute Gasteiger partial charge is 0.334 e. The molecule has 0 saturated carbocycles. The molecule has 0 aliphatic carbocycles. The molecule has 1 aliphatic heterocycles. The Hall–Kier alpha value is -4.01. The van der Waals surface area contributed by atoms with Crippen LogP contribution in [0.2, 0.25) is 0 Å². The van der Waals surface area contributed by atoms with Gasteiger partial charge in [-0.25, -0.2) is 9.89 Å². The van der Waals surface area contributed by atoms with Crippen molar-refractivity contribution in [3.8, 4) is 17.2 Å². The van der Waals surface area contributed by atoms with E-state index in [0.717, 1.165) is 61.3 Å². The predicted molar refractivity (Wildman–Crippen MR) is 145 cm³/mol. The molecule has 37 heavy (non-hydrogen) atoms. The molecular weight excluding hydrogens is 464 g/mol. The van der Waals surface area contributed by atoms with Gasteiger partial charge in [-0.2, -0.15) is 0 Å². The van der Waals surface area contributed by atoms with Crippen LogP contribution in [0.4, 0.5) is 0 Å². The predicted octanol–water partition coefficient (Wildman–Crippen LogP) is 4.69. The van der Waals surface area contributed by atoms with Gasteiger partial charge in [0.2, 0.25) is 0 Å². The molecule has 0 radical (unpaired) electrons. The number of allylic oxidation sites excluding steroid dienone is 1. The third-order valence-electron chi connectivity index (χ3n) is 7.19. The molecule has 9 heteroatoms. The van der Waals surface area contributed by atoms with Crippen molar-refractivity contribution in [1.29, 1.82) is 0 Å². The van der Waals surface area contributed by atoms with Crippen LogP contribution in [0.3, 0.4) is 0 Å². The third kappa shape index (κ3) is 4.98. The summed E-state index contributed by atoms with van der Waals surface area (Å²) in [6.45, 7) is 5.78. The van der Waals surface area contributed by atoms with E-state index in [1.807, 2.05) is 52.0 Å². The van der Waals surface area contributed by atoms with Crippen molar-refractivity contribution >= 4 is 6.21 Å². The van der Waals surface area contributed by atoms with E-state index in [4.69, 9.17) is 0 Å². The van der Waals surface area contributed by atoms with Crippen LogP contribution >= 0.6 is 0 Å². The molecule has 0 fully saturated rings. The van der Waals surface area contributed by atoms with Crippen molar-refractivity contribution in [2.75, 3.05) is 0 Å². The summed E-state index contributed by atoms with van der Waals surface area (Å²) in [6, 6.07) is 12.3. The van der Waals surface area contributed by atoms with Crippen LogP contribution in [-0.4, -0.2) is 40.5 Å². The van der Waals surface area contributed by atoms with E-state index >= 15 is 0 Å². The van der Waals surface area contributed by atoms with E-state index < -0.39 is 5.41 Å².